The van der Waals surface area contributed by atoms with Crippen LogP contribution >= 0.6 is 0 Å². The van der Waals surface area contributed by atoms with Crippen molar-refractivity contribution in [1.29, 1.82) is 0 Å². The number of nitrogens with one attached hydrogen (secondary N) is 1. The number of anilines is 1. The van der Waals surface area contributed by atoms with Gasteiger partial charge in [0.1, 0.15) is 0 Å². The fourth-order valence-electron chi connectivity index (χ4n) is 1.77. The molecule has 1 N–H and O–H groups in total. The first kappa shape index (κ1) is 13.1. The monoisotopic (exact) mass is 251 g/mol. The summed E-state index contributed by atoms with van der Waals surface area (Å²) < 4.78 is 0. The van der Waals surface area contributed by atoms with E-state index in [1.165, 1.54) is 11.1 Å². The van der Waals surface area contributed by atoms with Crippen molar-refractivity contribution in [2.24, 2.45) is 0 Å². The molecule has 0 aliphatic heterocycles. The zero-order valence-corrected chi connectivity index (χ0v) is 11.2. The third-order valence-corrected chi connectivity index (χ3v) is 2.79. The Morgan fingerprint density at radius 2 is 1.74 bits per heavy atom. The van der Waals surface area contributed by atoms with Crippen LogP contribution in [0.2, 0.25) is 0 Å². The van der Waals surface area contributed by atoms with Gasteiger partial charge in [-0.2, -0.15) is 0 Å². The van der Waals surface area contributed by atoms with Crippen LogP contribution in [0.25, 0.3) is 6.08 Å². The van der Waals surface area contributed by atoms with E-state index in [9.17, 15) is 4.79 Å². The number of aryl methyl sites for hydroxylation is 2. The number of hydrogen-bond acceptors (Lipinski definition) is 1. The predicted molar refractivity (Wildman–Crippen MR) is 80.0 cm³/mol. The van der Waals surface area contributed by atoms with Crippen molar-refractivity contribution in [2.75, 3.05) is 5.32 Å². The van der Waals surface area contributed by atoms with Gasteiger partial charge in [-0.15, -0.1) is 0 Å². The molecule has 0 unspecified atom stereocenters. The molecule has 0 fully saturated rings. The molecule has 0 saturated carbocycles. The summed E-state index contributed by atoms with van der Waals surface area (Å²) in [4.78, 5) is 11.8. The highest BCUT2D eigenvalue weighted by Gasteiger charge is 1.97. The van der Waals surface area contributed by atoms with Crippen LogP contribution in [-0.4, -0.2) is 5.91 Å². The van der Waals surface area contributed by atoms with Crippen molar-refractivity contribution in [3.8, 4) is 0 Å². The number of amides is 1. The number of carbonyl (C=O) groups excluding carboxylic acids is 1. The first-order valence-corrected chi connectivity index (χ1v) is 6.26. The standard InChI is InChI=1S/C17H17NO/c1-13-6-9-16(10-7-13)18-17(19)11-8-15-5-3-4-14(2)12-15/h3-12H,1-2H3,(H,18,19). The molecular weight excluding hydrogens is 234 g/mol. The molecule has 2 heteroatoms. The second-order valence-corrected chi connectivity index (χ2v) is 4.60. The van der Waals surface area contributed by atoms with E-state index in [-0.39, 0.29) is 5.91 Å². The van der Waals surface area contributed by atoms with Gasteiger partial charge in [0.05, 0.1) is 0 Å². The van der Waals surface area contributed by atoms with E-state index in [0.29, 0.717) is 0 Å². The molecule has 2 aromatic carbocycles. The van der Waals surface area contributed by atoms with Gasteiger partial charge in [0.2, 0.25) is 5.91 Å². The number of rotatable bonds is 3. The Morgan fingerprint density at radius 1 is 1.00 bits per heavy atom. The maximum atomic E-state index is 11.8. The van der Waals surface area contributed by atoms with Crippen LogP contribution < -0.4 is 5.32 Å². The summed E-state index contributed by atoms with van der Waals surface area (Å²) in [6.07, 6.45) is 3.37. The zero-order chi connectivity index (χ0) is 13.7. The molecule has 0 bridgehead atoms. The second kappa shape index (κ2) is 6.01. The van der Waals surface area contributed by atoms with E-state index >= 15 is 0 Å². The molecule has 0 spiro atoms. The van der Waals surface area contributed by atoms with Gasteiger partial charge in [0.15, 0.2) is 0 Å². The highest BCUT2D eigenvalue weighted by Crippen LogP contribution is 2.09. The lowest BCUT2D eigenvalue weighted by Gasteiger charge is -2.02. The topological polar surface area (TPSA) is 29.1 Å². The molecule has 0 atom stereocenters. The zero-order valence-electron chi connectivity index (χ0n) is 11.2. The second-order valence-electron chi connectivity index (χ2n) is 4.60. The molecule has 0 heterocycles. The Bertz CT molecular complexity index is 597. The van der Waals surface area contributed by atoms with Crippen LogP contribution in [0.5, 0.6) is 0 Å². The van der Waals surface area contributed by atoms with Crippen LogP contribution in [0.4, 0.5) is 5.69 Å². The quantitative estimate of drug-likeness (QED) is 0.822. The summed E-state index contributed by atoms with van der Waals surface area (Å²) in [7, 11) is 0. The molecule has 2 aromatic rings. The predicted octanol–water partition coefficient (Wildman–Crippen LogP) is 3.96. The molecule has 96 valence electrons. The van der Waals surface area contributed by atoms with Crippen LogP contribution in [-0.2, 0) is 4.79 Å². The van der Waals surface area contributed by atoms with Gasteiger partial charge in [0, 0.05) is 11.8 Å². The first-order chi connectivity index (χ1) is 9.13. The van der Waals surface area contributed by atoms with Gasteiger partial charge in [-0.1, -0.05) is 47.5 Å². The minimum Gasteiger partial charge on any atom is -0.323 e. The molecule has 2 rings (SSSR count). The van der Waals surface area contributed by atoms with E-state index < -0.39 is 0 Å². The molecule has 2 nitrogen and oxygen atoms in total. The summed E-state index contributed by atoms with van der Waals surface area (Å²) >= 11 is 0. The van der Waals surface area contributed by atoms with Crippen molar-refractivity contribution >= 4 is 17.7 Å². The Kier molecular flexibility index (Phi) is 4.14. The third kappa shape index (κ3) is 4.11. The molecule has 1 amide bonds. The molecule has 0 saturated heterocycles. The largest absolute Gasteiger partial charge is 0.323 e. The Morgan fingerprint density at radius 3 is 2.42 bits per heavy atom. The third-order valence-electron chi connectivity index (χ3n) is 2.79. The van der Waals surface area contributed by atoms with Gasteiger partial charge in [-0.25, -0.2) is 0 Å². The van der Waals surface area contributed by atoms with E-state index in [0.717, 1.165) is 11.3 Å². The fourth-order valence-corrected chi connectivity index (χ4v) is 1.77. The first-order valence-electron chi connectivity index (χ1n) is 6.26. The van der Waals surface area contributed by atoms with Gasteiger partial charge < -0.3 is 5.32 Å². The van der Waals surface area contributed by atoms with Gasteiger partial charge in [0.25, 0.3) is 0 Å². The van der Waals surface area contributed by atoms with Gasteiger partial charge >= 0.3 is 0 Å². The smallest absolute Gasteiger partial charge is 0.248 e. The highest BCUT2D eigenvalue weighted by molar-refractivity contribution is 6.01. The Labute approximate surface area is 113 Å². The molecule has 0 aromatic heterocycles. The Hall–Kier alpha value is -2.35. The average Bonchev–Trinajstić information content (AvgIpc) is 2.39. The van der Waals surface area contributed by atoms with Crippen molar-refractivity contribution in [1.82, 2.24) is 0 Å². The minimum atomic E-state index is -0.120. The van der Waals surface area contributed by atoms with E-state index in [1.54, 1.807) is 6.08 Å². The van der Waals surface area contributed by atoms with E-state index in [4.69, 9.17) is 0 Å². The van der Waals surface area contributed by atoms with Crippen LogP contribution in [0.1, 0.15) is 16.7 Å². The van der Waals surface area contributed by atoms with E-state index in [2.05, 4.69) is 5.32 Å². The number of hydrogen-bond donors (Lipinski definition) is 1. The lowest BCUT2D eigenvalue weighted by Crippen LogP contribution is -2.07. The lowest BCUT2D eigenvalue weighted by molar-refractivity contribution is -0.111. The van der Waals surface area contributed by atoms with Crippen LogP contribution in [0.3, 0.4) is 0 Å². The van der Waals surface area contributed by atoms with Crippen LogP contribution in [0, 0.1) is 13.8 Å². The van der Waals surface area contributed by atoms with Crippen molar-refractivity contribution in [2.45, 2.75) is 13.8 Å². The fraction of sp³-hybridized carbons (Fsp3) is 0.118. The summed E-state index contributed by atoms with van der Waals surface area (Å²) in [5.74, 6) is -0.120. The summed E-state index contributed by atoms with van der Waals surface area (Å²) in [5, 5.41) is 2.83. The number of benzene rings is 2. The maximum absolute atomic E-state index is 11.8. The normalized spacial score (nSPS) is 10.6. The summed E-state index contributed by atoms with van der Waals surface area (Å²) in [6, 6.07) is 15.8. The van der Waals surface area contributed by atoms with Gasteiger partial charge in [-0.3, -0.25) is 4.79 Å². The Balaban J connectivity index is 1.99. The molecule has 0 aliphatic rings. The molecule has 0 aliphatic carbocycles. The van der Waals surface area contributed by atoms with Crippen molar-refractivity contribution < 1.29 is 4.79 Å². The number of carbonyl (C=O) groups is 1. The van der Waals surface area contributed by atoms with Crippen molar-refractivity contribution in [3.63, 3.8) is 0 Å². The van der Waals surface area contributed by atoms with E-state index in [1.807, 2.05) is 68.5 Å². The van der Waals surface area contributed by atoms with Crippen molar-refractivity contribution in [3.05, 3.63) is 71.3 Å². The molecule has 0 radical (unpaired) electrons. The SMILES string of the molecule is Cc1ccc(NC(=O)C=Cc2cccc(C)c2)cc1. The summed E-state index contributed by atoms with van der Waals surface area (Å²) in [6.45, 7) is 4.05. The molecule has 19 heavy (non-hydrogen) atoms. The van der Waals surface area contributed by atoms with Crippen LogP contribution in [0.15, 0.2) is 54.6 Å². The summed E-state index contributed by atoms with van der Waals surface area (Å²) in [5.41, 5.74) is 4.19. The van der Waals surface area contributed by atoms with Gasteiger partial charge in [-0.05, 0) is 37.6 Å². The maximum Gasteiger partial charge on any atom is 0.248 e. The minimum absolute atomic E-state index is 0.120. The lowest BCUT2D eigenvalue weighted by atomic mass is 10.1. The highest BCUT2D eigenvalue weighted by atomic mass is 16.1. The average molecular weight is 251 g/mol. The molecular formula is C17H17NO.